The zero-order valence-corrected chi connectivity index (χ0v) is 10.1. The molecule has 2 nitrogen and oxygen atoms in total. The summed E-state index contributed by atoms with van der Waals surface area (Å²) in [5.74, 6) is 0.738. The Balaban J connectivity index is 1.87. The van der Waals surface area contributed by atoms with Crippen molar-refractivity contribution in [2.24, 2.45) is 11.7 Å². The minimum absolute atomic E-state index is 0.738. The normalized spacial score (nSPS) is 22.8. The van der Waals surface area contributed by atoms with Crippen molar-refractivity contribution in [1.29, 1.82) is 0 Å². The quantitative estimate of drug-likeness (QED) is 0.821. The lowest BCUT2D eigenvalue weighted by Crippen LogP contribution is -2.50. The zero-order chi connectivity index (χ0) is 11.4. The van der Waals surface area contributed by atoms with Gasteiger partial charge in [0.05, 0.1) is 0 Å². The number of benzene rings is 1. The van der Waals surface area contributed by atoms with Gasteiger partial charge < -0.3 is 5.73 Å². The van der Waals surface area contributed by atoms with Gasteiger partial charge in [0, 0.05) is 19.1 Å². The monoisotopic (exact) mass is 218 g/mol. The Hall–Kier alpha value is -0.860. The molecule has 0 bridgehead atoms. The molecule has 2 unspecified atom stereocenters. The van der Waals surface area contributed by atoms with Crippen LogP contribution in [0, 0.1) is 5.92 Å². The van der Waals surface area contributed by atoms with Crippen molar-refractivity contribution in [2.75, 3.05) is 13.1 Å². The summed E-state index contributed by atoms with van der Waals surface area (Å²) in [6.45, 7) is 5.49. The van der Waals surface area contributed by atoms with Crippen molar-refractivity contribution in [3.63, 3.8) is 0 Å². The van der Waals surface area contributed by atoms with E-state index in [0.29, 0.717) is 0 Å². The molecule has 2 rings (SSSR count). The fraction of sp³-hybridized carbons (Fsp3) is 0.571. The van der Waals surface area contributed by atoms with Gasteiger partial charge in [-0.1, -0.05) is 37.3 Å². The minimum Gasteiger partial charge on any atom is -0.330 e. The van der Waals surface area contributed by atoms with Crippen LogP contribution in [0.1, 0.15) is 25.3 Å². The molecule has 1 aliphatic heterocycles. The maximum absolute atomic E-state index is 5.63. The third-order valence-electron chi connectivity index (χ3n) is 3.69. The molecule has 1 aliphatic rings. The van der Waals surface area contributed by atoms with Gasteiger partial charge in [0.2, 0.25) is 0 Å². The van der Waals surface area contributed by atoms with Crippen LogP contribution in [0.5, 0.6) is 0 Å². The Kier molecular flexibility index (Phi) is 3.97. The van der Waals surface area contributed by atoms with Crippen LogP contribution in [0.2, 0.25) is 0 Å². The zero-order valence-electron chi connectivity index (χ0n) is 10.1. The van der Waals surface area contributed by atoms with E-state index >= 15 is 0 Å². The second-order valence-electron chi connectivity index (χ2n) is 4.87. The van der Waals surface area contributed by atoms with E-state index in [0.717, 1.165) is 31.5 Å². The molecule has 0 aliphatic carbocycles. The first-order valence-corrected chi connectivity index (χ1v) is 6.29. The fourth-order valence-electron chi connectivity index (χ4n) is 2.57. The number of nitrogens with two attached hydrogens (primary N) is 1. The summed E-state index contributed by atoms with van der Waals surface area (Å²) in [6, 6.07) is 11.5. The maximum atomic E-state index is 5.63. The van der Waals surface area contributed by atoms with E-state index in [9.17, 15) is 0 Å². The lowest BCUT2D eigenvalue weighted by atomic mass is 9.88. The predicted molar refractivity (Wildman–Crippen MR) is 68.1 cm³/mol. The molecule has 16 heavy (non-hydrogen) atoms. The van der Waals surface area contributed by atoms with Crippen molar-refractivity contribution >= 4 is 0 Å². The Bertz CT molecular complexity index is 310. The molecule has 2 heteroatoms. The fourth-order valence-corrected chi connectivity index (χ4v) is 2.57. The third kappa shape index (κ3) is 2.63. The van der Waals surface area contributed by atoms with Crippen molar-refractivity contribution in [3.05, 3.63) is 35.9 Å². The molecule has 0 aromatic heterocycles. The summed E-state index contributed by atoms with van der Waals surface area (Å²) in [5.41, 5.74) is 7.05. The number of nitrogens with zero attached hydrogens (tertiary/aromatic N) is 1. The average molecular weight is 218 g/mol. The third-order valence-corrected chi connectivity index (χ3v) is 3.69. The van der Waals surface area contributed by atoms with E-state index in [4.69, 9.17) is 5.73 Å². The summed E-state index contributed by atoms with van der Waals surface area (Å²) in [7, 11) is 0. The molecule has 1 aromatic carbocycles. The molecule has 2 atom stereocenters. The molecule has 1 fully saturated rings. The highest BCUT2D eigenvalue weighted by molar-refractivity contribution is 5.15. The van der Waals surface area contributed by atoms with Crippen LogP contribution in [0.25, 0.3) is 0 Å². The van der Waals surface area contributed by atoms with Gasteiger partial charge in [0.15, 0.2) is 0 Å². The second-order valence-corrected chi connectivity index (χ2v) is 4.87. The first-order valence-electron chi connectivity index (χ1n) is 6.29. The lowest BCUT2D eigenvalue weighted by Gasteiger charge is -2.44. The first-order chi connectivity index (χ1) is 7.81. The smallest absolute Gasteiger partial charge is 0.0236 e. The summed E-state index contributed by atoms with van der Waals surface area (Å²) in [6.07, 6.45) is 2.49. The summed E-state index contributed by atoms with van der Waals surface area (Å²) < 4.78 is 0. The number of likely N-dealkylation sites (tertiary alicyclic amines) is 1. The van der Waals surface area contributed by atoms with Crippen molar-refractivity contribution in [2.45, 2.75) is 32.4 Å². The van der Waals surface area contributed by atoms with Gasteiger partial charge in [-0.3, -0.25) is 4.90 Å². The molecule has 1 saturated heterocycles. The Labute approximate surface area is 98.4 Å². The topological polar surface area (TPSA) is 29.3 Å². The Morgan fingerprint density at radius 3 is 2.69 bits per heavy atom. The van der Waals surface area contributed by atoms with E-state index in [1.807, 2.05) is 0 Å². The van der Waals surface area contributed by atoms with Crippen LogP contribution in [0.3, 0.4) is 0 Å². The maximum Gasteiger partial charge on any atom is 0.0236 e. The van der Waals surface area contributed by atoms with Crippen LogP contribution in [0.4, 0.5) is 0 Å². The molecular weight excluding hydrogens is 196 g/mol. The van der Waals surface area contributed by atoms with E-state index in [1.54, 1.807) is 0 Å². The van der Waals surface area contributed by atoms with Crippen LogP contribution < -0.4 is 5.73 Å². The van der Waals surface area contributed by atoms with E-state index in [2.05, 4.69) is 42.2 Å². The van der Waals surface area contributed by atoms with Crippen LogP contribution in [-0.4, -0.2) is 24.0 Å². The van der Waals surface area contributed by atoms with Gasteiger partial charge in [0.25, 0.3) is 0 Å². The lowest BCUT2D eigenvalue weighted by molar-refractivity contribution is 0.0404. The molecule has 0 amide bonds. The number of hydrogen-bond acceptors (Lipinski definition) is 2. The van der Waals surface area contributed by atoms with Gasteiger partial charge in [-0.15, -0.1) is 0 Å². The van der Waals surface area contributed by atoms with Crippen LogP contribution >= 0.6 is 0 Å². The Morgan fingerprint density at radius 1 is 1.38 bits per heavy atom. The molecule has 1 aromatic rings. The summed E-state index contributed by atoms with van der Waals surface area (Å²) >= 11 is 0. The van der Waals surface area contributed by atoms with E-state index in [-0.39, 0.29) is 0 Å². The van der Waals surface area contributed by atoms with Crippen molar-refractivity contribution in [1.82, 2.24) is 4.90 Å². The molecule has 0 radical (unpaired) electrons. The van der Waals surface area contributed by atoms with Gasteiger partial charge in [-0.05, 0) is 30.9 Å². The molecule has 0 saturated carbocycles. The highest BCUT2D eigenvalue weighted by Crippen LogP contribution is 2.28. The van der Waals surface area contributed by atoms with Gasteiger partial charge >= 0.3 is 0 Å². The molecule has 1 heterocycles. The molecule has 2 N–H and O–H groups in total. The van der Waals surface area contributed by atoms with E-state index in [1.165, 1.54) is 18.5 Å². The van der Waals surface area contributed by atoms with Crippen LogP contribution in [-0.2, 0) is 6.54 Å². The summed E-state index contributed by atoms with van der Waals surface area (Å²) in [4.78, 5) is 2.58. The minimum atomic E-state index is 0.738. The van der Waals surface area contributed by atoms with Gasteiger partial charge in [-0.25, -0.2) is 0 Å². The second kappa shape index (κ2) is 5.46. The highest BCUT2D eigenvalue weighted by atomic mass is 15.2. The number of rotatable bonds is 5. The molecule has 88 valence electrons. The van der Waals surface area contributed by atoms with Gasteiger partial charge in [-0.2, -0.15) is 0 Å². The average Bonchev–Trinajstić information content (AvgIpc) is 2.26. The molecule has 0 spiro atoms. The predicted octanol–water partition coefficient (Wildman–Crippen LogP) is 2.25. The van der Waals surface area contributed by atoms with Crippen molar-refractivity contribution in [3.8, 4) is 0 Å². The largest absolute Gasteiger partial charge is 0.330 e. The standard InChI is InChI=1S/C14H22N2/c1-12(7-9-15)14-8-10-16(14)11-13-5-3-2-4-6-13/h2-6,12,14H,7-11,15H2,1H3. The number of hydrogen-bond donors (Lipinski definition) is 1. The molecular formula is C14H22N2. The van der Waals surface area contributed by atoms with Crippen molar-refractivity contribution < 1.29 is 0 Å². The van der Waals surface area contributed by atoms with Gasteiger partial charge in [0.1, 0.15) is 0 Å². The SMILES string of the molecule is CC(CCN)C1CCN1Cc1ccccc1. The highest BCUT2D eigenvalue weighted by Gasteiger charge is 2.31. The first kappa shape index (κ1) is 11.6. The summed E-state index contributed by atoms with van der Waals surface area (Å²) in [5, 5.41) is 0. The van der Waals surface area contributed by atoms with Crippen LogP contribution in [0.15, 0.2) is 30.3 Å². The Morgan fingerprint density at radius 2 is 2.12 bits per heavy atom. The van der Waals surface area contributed by atoms with E-state index < -0.39 is 0 Å².